The van der Waals surface area contributed by atoms with E-state index in [1.54, 1.807) is 0 Å². The Balaban J connectivity index is 2.41. The van der Waals surface area contributed by atoms with Gasteiger partial charge in [-0.25, -0.2) is 4.21 Å². The number of hydrogen-bond acceptors (Lipinski definition) is 1. The van der Waals surface area contributed by atoms with E-state index in [1.165, 1.54) is 5.56 Å². The van der Waals surface area contributed by atoms with Crippen molar-refractivity contribution in [2.45, 2.75) is 63.7 Å². The monoisotopic (exact) mass is 333 g/mol. The number of nitrogens with zero attached hydrogens (tertiary/aromatic N) is 1. The van der Waals surface area contributed by atoms with Crippen molar-refractivity contribution in [3.63, 3.8) is 0 Å². The maximum absolute atomic E-state index is 12.9. The first-order valence-corrected chi connectivity index (χ1v) is 12.4. The summed E-state index contributed by atoms with van der Waals surface area (Å²) in [5.74, 6) is 3.43. The zero-order valence-corrected chi connectivity index (χ0v) is 16.5. The smallest absolute Gasteiger partial charge is 0.129 e. The quantitative estimate of drug-likeness (QED) is 0.456. The highest BCUT2D eigenvalue weighted by Crippen LogP contribution is 2.52. The second-order valence-electron chi connectivity index (χ2n) is 8.12. The maximum atomic E-state index is 12.9. The molecule has 1 saturated heterocycles. The molecule has 1 fully saturated rings. The van der Waals surface area contributed by atoms with Gasteiger partial charge in [0.2, 0.25) is 0 Å². The van der Waals surface area contributed by atoms with Crippen LogP contribution in [-0.4, -0.2) is 27.4 Å². The lowest BCUT2D eigenvalue weighted by atomic mass is 9.97. The van der Waals surface area contributed by atoms with Crippen molar-refractivity contribution in [3.05, 3.63) is 35.9 Å². The molecule has 1 aromatic rings. The lowest BCUT2D eigenvalue weighted by Crippen LogP contribution is -2.30. The molecule has 1 aliphatic rings. The Bertz CT molecular complexity index is 633. The third-order valence-corrected chi connectivity index (χ3v) is 6.69. The molecule has 0 N–H and O–H groups in total. The summed E-state index contributed by atoms with van der Waals surface area (Å²) in [4.78, 5) is 0. The van der Waals surface area contributed by atoms with Gasteiger partial charge in [-0.3, -0.25) is 0 Å². The molecule has 1 heterocycles. The van der Waals surface area contributed by atoms with Crippen LogP contribution in [0.25, 0.3) is 0 Å². The summed E-state index contributed by atoms with van der Waals surface area (Å²) < 4.78 is 14.7. The minimum atomic E-state index is -1.44. The topological polar surface area (TPSA) is 20.1 Å². The Hall–Kier alpha value is -0.893. The summed E-state index contributed by atoms with van der Waals surface area (Å²) >= 11 is 0. The van der Waals surface area contributed by atoms with Crippen LogP contribution >= 0.6 is 0 Å². The second kappa shape index (κ2) is 5.63. The number of benzene rings is 1. The lowest BCUT2D eigenvalue weighted by Gasteiger charge is -2.21. The lowest BCUT2D eigenvalue weighted by molar-refractivity contribution is 0.563. The van der Waals surface area contributed by atoms with Gasteiger partial charge in [-0.15, -0.1) is 5.54 Å². The van der Waals surface area contributed by atoms with Gasteiger partial charge in [0.15, 0.2) is 0 Å². The molecule has 2 nitrogen and oxygen atoms in total. The van der Waals surface area contributed by atoms with Crippen LogP contribution in [0.5, 0.6) is 0 Å². The Morgan fingerprint density at radius 1 is 1.18 bits per heavy atom. The maximum Gasteiger partial charge on any atom is 0.129 e. The van der Waals surface area contributed by atoms with Gasteiger partial charge < -0.3 is 0 Å². The molecular weight excluding hydrogens is 306 g/mol. The largest absolute Gasteiger partial charge is 0.242 e. The van der Waals surface area contributed by atoms with E-state index in [2.05, 4.69) is 54.5 Å². The molecule has 0 aromatic heterocycles. The summed E-state index contributed by atoms with van der Waals surface area (Å²) in [6.07, 6.45) is 0. The first-order valence-electron chi connectivity index (χ1n) is 7.77. The van der Waals surface area contributed by atoms with Crippen LogP contribution in [0.2, 0.25) is 19.6 Å². The number of rotatable bonds is 2. The number of hydrogen-bond donors (Lipinski definition) is 0. The highest BCUT2D eigenvalue weighted by atomic mass is 32.2. The van der Waals surface area contributed by atoms with E-state index < -0.39 is 19.1 Å². The van der Waals surface area contributed by atoms with Crippen molar-refractivity contribution in [1.82, 2.24) is 4.31 Å². The summed E-state index contributed by atoms with van der Waals surface area (Å²) in [5.41, 5.74) is 4.41. The fourth-order valence-electron chi connectivity index (χ4n) is 2.47. The SMILES string of the molecule is CC(C)(C)S(=O)N1[C@H](C#C[Si](C)(C)C)[C@@]1(C)c1ccccc1. The Kier molecular flexibility index (Phi) is 4.47. The van der Waals surface area contributed by atoms with Crippen molar-refractivity contribution < 1.29 is 4.21 Å². The van der Waals surface area contributed by atoms with Crippen LogP contribution in [0.15, 0.2) is 30.3 Å². The highest BCUT2D eigenvalue weighted by Gasteiger charge is 2.64. The van der Waals surface area contributed by atoms with Gasteiger partial charge in [0.1, 0.15) is 25.1 Å². The second-order valence-corrected chi connectivity index (χ2v) is 15.0. The average Bonchev–Trinajstić information content (AvgIpc) is 3.01. The Morgan fingerprint density at radius 3 is 2.18 bits per heavy atom. The summed E-state index contributed by atoms with van der Waals surface area (Å²) in [6.45, 7) is 15.0. The van der Waals surface area contributed by atoms with E-state index in [9.17, 15) is 4.21 Å². The van der Waals surface area contributed by atoms with Gasteiger partial charge in [-0.05, 0) is 33.3 Å². The van der Waals surface area contributed by atoms with E-state index >= 15 is 0 Å². The predicted octanol–water partition coefficient (Wildman–Crippen LogP) is 3.93. The van der Waals surface area contributed by atoms with Crippen LogP contribution in [0.1, 0.15) is 33.3 Å². The minimum Gasteiger partial charge on any atom is -0.242 e. The molecule has 4 atom stereocenters. The first kappa shape index (κ1) is 17.5. The molecular formula is C18H27NOSSi. The third-order valence-electron chi connectivity index (χ3n) is 3.80. The zero-order valence-electron chi connectivity index (χ0n) is 14.7. The molecule has 4 heteroatoms. The van der Waals surface area contributed by atoms with E-state index in [1.807, 2.05) is 39.0 Å². The van der Waals surface area contributed by atoms with Crippen molar-refractivity contribution in [2.24, 2.45) is 0 Å². The van der Waals surface area contributed by atoms with Crippen molar-refractivity contribution in [3.8, 4) is 11.5 Å². The predicted molar refractivity (Wildman–Crippen MR) is 98.4 cm³/mol. The van der Waals surface area contributed by atoms with Gasteiger partial charge in [0, 0.05) is 0 Å². The standard InChI is InChI=1S/C18H27NOSSi/c1-17(2,3)21(20)19-16(13-14-22(5,6)7)18(19,4)15-11-9-8-10-12-15/h8-12,16H,1-7H3/t16-,18-,19?,21?/m1/s1. The van der Waals surface area contributed by atoms with Crippen LogP contribution in [0, 0.1) is 11.5 Å². The van der Waals surface area contributed by atoms with E-state index in [4.69, 9.17) is 0 Å². The highest BCUT2D eigenvalue weighted by molar-refractivity contribution is 7.84. The summed E-state index contributed by atoms with van der Waals surface area (Å²) in [6, 6.07) is 10.4. The summed E-state index contributed by atoms with van der Waals surface area (Å²) in [7, 11) is -2.50. The molecule has 1 aliphatic heterocycles. The molecule has 0 saturated carbocycles. The van der Waals surface area contributed by atoms with Crippen LogP contribution in [0.3, 0.4) is 0 Å². The van der Waals surface area contributed by atoms with Crippen molar-refractivity contribution in [2.75, 3.05) is 0 Å². The molecule has 0 radical (unpaired) electrons. The molecule has 120 valence electrons. The Morgan fingerprint density at radius 2 is 1.73 bits per heavy atom. The molecule has 22 heavy (non-hydrogen) atoms. The molecule has 0 bridgehead atoms. The first-order chi connectivity index (χ1) is 9.98. The van der Waals surface area contributed by atoms with E-state index in [-0.39, 0.29) is 16.3 Å². The van der Waals surface area contributed by atoms with Gasteiger partial charge in [-0.2, -0.15) is 4.31 Å². The molecule has 1 aromatic carbocycles. The van der Waals surface area contributed by atoms with Gasteiger partial charge >= 0.3 is 0 Å². The zero-order chi connectivity index (χ0) is 16.8. The third kappa shape index (κ3) is 3.37. The van der Waals surface area contributed by atoms with E-state index in [0.29, 0.717) is 0 Å². The fourth-order valence-corrected chi connectivity index (χ4v) is 4.58. The normalized spacial score (nSPS) is 29.4. The molecule has 0 spiro atoms. The van der Waals surface area contributed by atoms with Gasteiger partial charge in [0.25, 0.3) is 0 Å². The Labute approximate surface area is 138 Å². The van der Waals surface area contributed by atoms with Crippen molar-refractivity contribution >= 4 is 19.1 Å². The summed E-state index contributed by atoms with van der Waals surface area (Å²) in [5, 5.41) is 0. The molecule has 2 unspecified atom stereocenters. The van der Waals surface area contributed by atoms with Crippen LogP contribution in [0.4, 0.5) is 0 Å². The van der Waals surface area contributed by atoms with Crippen molar-refractivity contribution in [1.29, 1.82) is 0 Å². The molecule has 2 rings (SSSR count). The van der Waals surface area contributed by atoms with Gasteiger partial charge in [-0.1, -0.05) is 55.9 Å². The minimum absolute atomic E-state index is 0.0432. The average molecular weight is 334 g/mol. The van der Waals surface area contributed by atoms with Gasteiger partial charge in [0.05, 0.1) is 10.3 Å². The fraction of sp³-hybridized carbons (Fsp3) is 0.556. The molecule has 0 aliphatic carbocycles. The van der Waals surface area contributed by atoms with Crippen LogP contribution in [-0.2, 0) is 16.5 Å². The van der Waals surface area contributed by atoms with E-state index in [0.717, 1.165) is 0 Å². The van der Waals surface area contributed by atoms with Crippen LogP contribution < -0.4 is 0 Å². The molecule has 0 amide bonds.